The summed E-state index contributed by atoms with van der Waals surface area (Å²) in [6.07, 6.45) is 0.162. The van der Waals surface area contributed by atoms with E-state index in [1.165, 1.54) is 7.11 Å². The summed E-state index contributed by atoms with van der Waals surface area (Å²) in [6, 6.07) is 1.06. The van der Waals surface area contributed by atoms with Crippen LogP contribution >= 0.6 is 0 Å². The van der Waals surface area contributed by atoms with Crippen molar-refractivity contribution in [1.82, 2.24) is 5.32 Å². The third-order valence-corrected chi connectivity index (χ3v) is 1.77. The fourth-order valence-corrected chi connectivity index (χ4v) is 1.00. The van der Waals surface area contributed by atoms with Crippen LogP contribution in [0.1, 0.15) is 13.3 Å². The van der Waals surface area contributed by atoms with Crippen molar-refractivity contribution in [3.63, 3.8) is 0 Å². The quantitative estimate of drug-likeness (QED) is 0.583. The van der Waals surface area contributed by atoms with Crippen molar-refractivity contribution >= 4 is 11.9 Å². The number of esters is 1. The van der Waals surface area contributed by atoms with Gasteiger partial charge in [0.15, 0.2) is 0 Å². The Kier molecular flexibility index (Phi) is 6.06. The summed E-state index contributed by atoms with van der Waals surface area (Å²) in [5, 5.41) is 19.3. The Morgan fingerprint density at radius 3 is 2.60 bits per heavy atom. The molecule has 0 bridgehead atoms. The molecule has 2 N–H and O–H groups in total. The zero-order valence-corrected chi connectivity index (χ0v) is 8.69. The van der Waals surface area contributed by atoms with E-state index in [1.54, 1.807) is 6.92 Å². The number of hydrogen-bond donors (Lipinski definition) is 2. The van der Waals surface area contributed by atoms with Gasteiger partial charge in [0.05, 0.1) is 13.2 Å². The molecule has 0 saturated carbocycles. The number of amides is 1. The predicted octanol–water partition coefficient (Wildman–Crippen LogP) is -0.814. The number of nitrogens with zero attached hydrogens (tertiary/aromatic N) is 1. The summed E-state index contributed by atoms with van der Waals surface area (Å²) in [5.41, 5.74) is 0. The first-order valence-electron chi connectivity index (χ1n) is 4.42. The summed E-state index contributed by atoms with van der Waals surface area (Å²) in [6.45, 7) is 0.926. The highest BCUT2D eigenvalue weighted by molar-refractivity contribution is 5.84. The van der Waals surface area contributed by atoms with Crippen molar-refractivity contribution in [2.45, 2.75) is 19.4 Å². The predicted molar refractivity (Wildman–Crippen MR) is 50.4 cm³/mol. The molecule has 6 nitrogen and oxygen atoms in total. The van der Waals surface area contributed by atoms with Crippen molar-refractivity contribution in [3.05, 3.63) is 0 Å². The minimum Gasteiger partial charge on any atom is -0.467 e. The Morgan fingerprint density at radius 2 is 2.20 bits per heavy atom. The number of aliphatic hydroxyl groups excluding tert-OH is 1. The minimum absolute atomic E-state index is 0.162. The number of rotatable bonds is 5. The van der Waals surface area contributed by atoms with E-state index in [9.17, 15) is 9.59 Å². The van der Waals surface area contributed by atoms with Gasteiger partial charge in [-0.25, -0.2) is 4.79 Å². The molecule has 2 atom stereocenters. The van der Waals surface area contributed by atoms with Crippen LogP contribution in [-0.4, -0.2) is 36.7 Å². The normalized spacial score (nSPS) is 13.5. The van der Waals surface area contributed by atoms with Crippen LogP contribution in [-0.2, 0) is 14.3 Å². The fourth-order valence-electron chi connectivity index (χ4n) is 1.00. The first kappa shape index (κ1) is 13.4. The molecule has 0 aromatic rings. The van der Waals surface area contributed by atoms with E-state index in [0.29, 0.717) is 0 Å². The highest BCUT2D eigenvalue weighted by Gasteiger charge is 2.23. The Labute approximate surface area is 87.8 Å². The highest BCUT2D eigenvalue weighted by Crippen LogP contribution is 2.06. The molecule has 0 aromatic carbocycles. The molecule has 0 spiro atoms. The second-order valence-electron chi connectivity index (χ2n) is 3.07. The summed E-state index contributed by atoms with van der Waals surface area (Å²) in [4.78, 5) is 22.0. The zero-order valence-electron chi connectivity index (χ0n) is 8.69. The lowest BCUT2D eigenvalue weighted by molar-refractivity contribution is -0.145. The minimum atomic E-state index is -0.885. The largest absolute Gasteiger partial charge is 0.467 e. The van der Waals surface area contributed by atoms with Crippen LogP contribution in [0, 0.1) is 17.2 Å². The fraction of sp³-hybridized carbons (Fsp3) is 0.667. The van der Waals surface area contributed by atoms with Crippen LogP contribution in [0.25, 0.3) is 0 Å². The first-order valence-corrected chi connectivity index (χ1v) is 4.42. The van der Waals surface area contributed by atoms with Gasteiger partial charge < -0.3 is 15.2 Å². The summed E-state index contributed by atoms with van der Waals surface area (Å²) >= 11 is 0. The average Bonchev–Trinajstić information content (AvgIpc) is 2.26. The van der Waals surface area contributed by atoms with E-state index in [2.05, 4.69) is 10.1 Å². The maximum absolute atomic E-state index is 11.2. The summed E-state index contributed by atoms with van der Waals surface area (Å²) < 4.78 is 4.46. The van der Waals surface area contributed by atoms with E-state index in [1.807, 2.05) is 6.07 Å². The highest BCUT2D eigenvalue weighted by atomic mass is 16.5. The molecule has 0 aromatic heterocycles. The lowest BCUT2D eigenvalue weighted by atomic mass is 10.0. The van der Waals surface area contributed by atoms with Gasteiger partial charge in [-0.3, -0.25) is 4.79 Å². The number of methoxy groups -OCH3 is 1. The molecule has 1 amide bonds. The topological polar surface area (TPSA) is 99.4 Å². The van der Waals surface area contributed by atoms with Gasteiger partial charge in [-0.2, -0.15) is 5.26 Å². The van der Waals surface area contributed by atoms with Gasteiger partial charge >= 0.3 is 5.97 Å². The van der Waals surface area contributed by atoms with E-state index in [4.69, 9.17) is 10.4 Å². The molecule has 84 valence electrons. The van der Waals surface area contributed by atoms with Gasteiger partial charge in [0, 0.05) is 5.92 Å². The monoisotopic (exact) mass is 214 g/mol. The van der Waals surface area contributed by atoms with E-state index < -0.39 is 24.5 Å². The molecule has 0 aliphatic rings. The SMILES string of the molecule is COC(=O)[C@@H](C[C@@H](C)C#N)NC(=O)CO. The van der Waals surface area contributed by atoms with Crippen LogP contribution in [0.3, 0.4) is 0 Å². The summed E-state index contributed by atoms with van der Waals surface area (Å²) in [5.74, 6) is -1.68. The molecule has 0 aliphatic carbocycles. The van der Waals surface area contributed by atoms with Crippen molar-refractivity contribution < 1.29 is 19.4 Å². The molecule has 0 saturated heterocycles. The zero-order chi connectivity index (χ0) is 11.8. The van der Waals surface area contributed by atoms with Crippen LogP contribution in [0.4, 0.5) is 0 Å². The van der Waals surface area contributed by atoms with Crippen LogP contribution < -0.4 is 5.32 Å². The molecule has 0 heterocycles. The van der Waals surface area contributed by atoms with Crippen LogP contribution in [0.5, 0.6) is 0 Å². The smallest absolute Gasteiger partial charge is 0.328 e. The van der Waals surface area contributed by atoms with Crippen molar-refractivity contribution in [2.24, 2.45) is 5.92 Å². The molecule has 15 heavy (non-hydrogen) atoms. The number of nitrogens with one attached hydrogen (secondary N) is 1. The molecule has 6 heteroatoms. The van der Waals surface area contributed by atoms with Crippen LogP contribution in [0.2, 0.25) is 0 Å². The third kappa shape index (κ3) is 4.98. The van der Waals surface area contributed by atoms with Gasteiger partial charge in [-0.05, 0) is 13.3 Å². The van der Waals surface area contributed by atoms with Gasteiger partial charge in [-0.15, -0.1) is 0 Å². The Balaban J connectivity index is 4.39. The number of aliphatic hydroxyl groups is 1. The lowest BCUT2D eigenvalue weighted by Gasteiger charge is -2.16. The average molecular weight is 214 g/mol. The van der Waals surface area contributed by atoms with Crippen molar-refractivity contribution in [3.8, 4) is 6.07 Å². The summed E-state index contributed by atoms with van der Waals surface area (Å²) in [7, 11) is 1.19. The number of nitriles is 1. The molecule has 0 fully saturated rings. The molecular formula is C9H14N2O4. The van der Waals surface area contributed by atoms with E-state index in [0.717, 1.165) is 0 Å². The van der Waals surface area contributed by atoms with E-state index in [-0.39, 0.29) is 12.3 Å². The molecule has 0 unspecified atom stereocenters. The number of carbonyl (C=O) groups excluding carboxylic acids is 2. The lowest BCUT2D eigenvalue weighted by Crippen LogP contribution is -2.43. The molecule has 0 rings (SSSR count). The number of hydrogen-bond acceptors (Lipinski definition) is 5. The van der Waals surface area contributed by atoms with E-state index >= 15 is 0 Å². The number of ether oxygens (including phenoxy) is 1. The first-order chi connectivity index (χ1) is 7.04. The van der Waals surface area contributed by atoms with Gasteiger partial charge in [-0.1, -0.05) is 0 Å². The van der Waals surface area contributed by atoms with Crippen LogP contribution in [0.15, 0.2) is 0 Å². The molecule has 0 radical (unpaired) electrons. The van der Waals surface area contributed by atoms with Gasteiger partial charge in [0.2, 0.25) is 5.91 Å². The maximum atomic E-state index is 11.2. The van der Waals surface area contributed by atoms with Gasteiger partial charge in [0.1, 0.15) is 12.6 Å². The van der Waals surface area contributed by atoms with Crippen molar-refractivity contribution in [2.75, 3.05) is 13.7 Å². The second kappa shape index (κ2) is 6.79. The van der Waals surface area contributed by atoms with Crippen molar-refractivity contribution in [1.29, 1.82) is 5.26 Å². The Morgan fingerprint density at radius 1 is 1.60 bits per heavy atom. The number of carbonyl (C=O) groups is 2. The second-order valence-corrected chi connectivity index (χ2v) is 3.07. The van der Waals surface area contributed by atoms with Gasteiger partial charge in [0.25, 0.3) is 0 Å². The molecular weight excluding hydrogens is 200 g/mol. The molecule has 0 aliphatic heterocycles. The third-order valence-electron chi connectivity index (χ3n) is 1.77. The standard InChI is InChI=1S/C9H14N2O4/c1-6(4-10)3-7(9(14)15-2)11-8(13)5-12/h6-7,12H,3,5H2,1-2H3,(H,11,13)/t6-,7-/m1/s1. The Hall–Kier alpha value is -1.61. The Bertz CT molecular complexity index is 272. The maximum Gasteiger partial charge on any atom is 0.328 e.